The maximum Gasteiger partial charge on any atom is 0.356 e. The molecule has 0 saturated carbocycles. The third-order valence-corrected chi connectivity index (χ3v) is 2.80. The van der Waals surface area contributed by atoms with Crippen molar-refractivity contribution in [2.24, 2.45) is 0 Å². The molecule has 0 unspecified atom stereocenters. The molecule has 0 aliphatic heterocycles. The molecule has 4 nitrogen and oxygen atoms in total. The molecule has 1 N–H and O–H groups in total. The van der Waals surface area contributed by atoms with Gasteiger partial charge in [0.1, 0.15) is 5.75 Å². The maximum absolute atomic E-state index is 11.3. The first-order chi connectivity index (χ1) is 7.63. The topological polar surface area (TPSA) is 59.4 Å². The highest BCUT2D eigenvalue weighted by atomic mass is 79.9. The van der Waals surface area contributed by atoms with Crippen molar-refractivity contribution in [1.82, 2.24) is 4.98 Å². The van der Waals surface area contributed by atoms with Gasteiger partial charge in [0, 0.05) is 15.9 Å². The zero-order valence-corrected chi connectivity index (χ0v) is 9.98. The number of ether oxygens (including phenoxy) is 1. The zero-order chi connectivity index (χ0) is 11.7. The van der Waals surface area contributed by atoms with Gasteiger partial charge < -0.3 is 9.84 Å². The van der Waals surface area contributed by atoms with Crippen molar-refractivity contribution < 1.29 is 14.6 Å². The average Bonchev–Trinajstić information content (AvgIpc) is 2.29. The largest absolute Gasteiger partial charge is 0.507 e. The molecule has 0 fully saturated rings. The van der Waals surface area contributed by atoms with Gasteiger partial charge in [-0.25, -0.2) is 9.78 Å². The summed E-state index contributed by atoms with van der Waals surface area (Å²) in [5.74, 6) is -0.570. The fourth-order valence-electron chi connectivity index (χ4n) is 1.40. The number of para-hydroxylation sites is 1. The Hall–Kier alpha value is -1.62. The molecule has 0 aliphatic rings. The van der Waals surface area contributed by atoms with E-state index in [2.05, 4.69) is 25.7 Å². The smallest absolute Gasteiger partial charge is 0.356 e. The van der Waals surface area contributed by atoms with Crippen molar-refractivity contribution in [2.45, 2.75) is 0 Å². The highest BCUT2D eigenvalue weighted by Crippen LogP contribution is 2.29. The first-order valence-electron chi connectivity index (χ1n) is 4.50. The van der Waals surface area contributed by atoms with E-state index in [1.54, 1.807) is 18.2 Å². The Labute approximate surface area is 100.0 Å². The molecular formula is C11H8BrNO3. The molecule has 1 aromatic heterocycles. The number of rotatable bonds is 1. The van der Waals surface area contributed by atoms with E-state index in [1.807, 2.05) is 0 Å². The Morgan fingerprint density at radius 3 is 2.94 bits per heavy atom. The van der Waals surface area contributed by atoms with Crippen LogP contribution in [-0.2, 0) is 4.74 Å². The van der Waals surface area contributed by atoms with Gasteiger partial charge in [-0.15, -0.1) is 0 Å². The minimum absolute atomic E-state index is 0.00620. The number of esters is 1. The molecule has 0 spiro atoms. The van der Waals surface area contributed by atoms with Crippen molar-refractivity contribution in [1.29, 1.82) is 0 Å². The second-order valence-electron chi connectivity index (χ2n) is 3.15. The molecule has 82 valence electrons. The van der Waals surface area contributed by atoms with Gasteiger partial charge in [0.05, 0.1) is 12.6 Å². The number of hydrogen-bond acceptors (Lipinski definition) is 4. The first kappa shape index (κ1) is 10.9. The maximum atomic E-state index is 11.3. The Morgan fingerprint density at radius 1 is 1.50 bits per heavy atom. The monoisotopic (exact) mass is 281 g/mol. The number of carbonyl (C=O) groups excluding carboxylic acids is 1. The van der Waals surface area contributed by atoms with Gasteiger partial charge in [-0.1, -0.05) is 6.07 Å². The van der Waals surface area contributed by atoms with Crippen molar-refractivity contribution in [3.05, 3.63) is 34.4 Å². The van der Waals surface area contributed by atoms with Crippen molar-refractivity contribution in [2.75, 3.05) is 7.11 Å². The van der Waals surface area contributed by atoms with Gasteiger partial charge in [0.15, 0.2) is 5.69 Å². The van der Waals surface area contributed by atoms with Crippen LogP contribution in [0.25, 0.3) is 10.9 Å². The van der Waals surface area contributed by atoms with E-state index < -0.39 is 5.97 Å². The third kappa shape index (κ3) is 1.74. The lowest BCUT2D eigenvalue weighted by Crippen LogP contribution is -2.04. The molecule has 16 heavy (non-hydrogen) atoms. The van der Waals surface area contributed by atoms with Crippen molar-refractivity contribution in [3.63, 3.8) is 0 Å². The van der Waals surface area contributed by atoms with Gasteiger partial charge in [0.25, 0.3) is 0 Å². The Bertz CT molecular complexity index is 568. The number of fused-ring (bicyclic) bond motifs is 1. The van der Waals surface area contributed by atoms with Crippen molar-refractivity contribution >= 4 is 32.8 Å². The van der Waals surface area contributed by atoms with Gasteiger partial charge in [-0.2, -0.15) is 0 Å². The molecule has 2 aromatic rings. The van der Waals surface area contributed by atoms with Crippen LogP contribution < -0.4 is 0 Å². The van der Waals surface area contributed by atoms with E-state index in [0.29, 0.717) is 15.4 Å². The van der Waals surface area contributed by atoms with Gasteiger partial charge in [0.2, 0.25) is 0 Å². The molecule has 0 saturated heterocycles. The summed E-state index contributed by atoms with van der Waals surface area (Å²) in [7, 11) is 1.27. The normalized spacial score (nSPS) is 10.4. The van der Waals surface area contributed by atoms with Crippen LogP contribution in [0.15, 0.2) is 28.7 Å². The number of nitrogens with zero attached hydrogens (tertiary/aromatic N) is 1. The summed E-state index contributed by atoms with van der Waals surface area (Å²) in [5, 5.41) is 10.3. The number of carbonyl (C=O) groups is 1. The summed E-state index contributed by atoms with van der Waals surface area (Å²) in [6.07, 6.45) is 0. The van der Waals surface area contributed by atoms with Crippen LogP contribution in [0, 0.1) is 0 Å². The zero-order valence-electron chi connectivity index (χ0n) is 8.40. The number of halogens is 1. The van der Waals surface area contributed by atoms with Crippen LogP contribution in [0.1, 0.15) is 10.5 Å². The van der Waals surface area contributed by atoms with E-state index in [1.165, 1.54) is 13.2 Å². The van der Waals surface area contributed by atoms with Gasteiger partial charge in [-0.3, -0.25) is 0 Å². The summed E-state index contributed by atoms with van der Waals surface area (Å²) >= 11 is 3.31. The summed E-state index contributed by atoms with van der Waals surface area (Å²) in [4.78, 5) is 15.4. The minimum Gasteiger partial charge on any atom is -0.507 e. The first-order valence-corrected chi connectivity index (χ1v) is 5.29. The van der Waals surface area contributed by atoms with Crippen LogP contribution >= 0.6 is 15.9 Å². The minimum atomic E-state index is -0.576. The van der Waals surface area contributed by atoms with E-state index >= 15 is 0 Å². The summed E-state index contributed by atoms with van der Waals surface area (Å²) in [6.45, 7) is 0. The summed E-state index contributed by atoms with van der Waals surface area (Å²) in [5.41, 5.74) is 0.613. The Kier molecular flexibility index (Phi) is 2.78. The Morgan fingerprint density at radius 2 is 2.25 bits per heavy atom. The molecule has 5 heteroatoms. The lowest BCUT2D eigenvalue weighted by molar-refractivity contribution is 0.0594. The summed E-state index contributed by atoms with van der Waals surface area (Å²) in [6, 6.07) is 6.59. The van der Waals surface area contributed by atoms with Gasteiger partial charge >= 0.3 is 5.97 Å². The molecule has 0 radical (unpaired) electrons. The highest BCUT2D eigenvalue weighted by Gasteiger charge is 2.12. The van der Waals surface area contributed by atoms with E-state index in [0.717, 1.165) is 0 Å². The highest BCUT2D eigenvalue weighted by molar-refractivity contribution is 9.10. The molecule has 2 rings (SSSR count). The fraction of sp³-hybridized carbons (Fsp3) is 0.0909. The van der Waals surface area contributed by atoms with E-state index in [4.69, 9.17) is 0 Å². The predicted molar refractivity (Wildman–Crippen MR) is 62.4 cm³/mol. The van der Waals surface area contributed by atoms with E-state index in [9.17, 15) is 9.90 Å². The average molecular weight is 282 g/mol. The lowest BCUT2D eigenvalue weighted by atomic mass is 10.2. The molecule has 0 aliphatic carbocycles. The van der Waals surface area contributed by atoms with Crippen LogP contribution in [0.5, 0.6) is 5.75 Å². The number of aromatic hydroxyl groups is 1. The number of hydrogen-bond donors (Lipinski definition) is 1. The molecule has 0 bridgehead atoms. The molecule has 0 atom stereocenters. The second kappa shape index (κ2) is 4.09. The Balaban J connectivity index is 2.75. The molecular weight excluding hydrogens is 274 g/mol. The molecule has 1 heterocycles. The number of methoxy groups -OCH3 is 1. The predicted octanol–water partition coefficient (Wildman–Crippen LogP) is 2.49. The van der Waals surface area contributed by atoms with Crippen LogP contribution in [0.2, 0.25) is 0 Å². The van der Waals surface area contributed by atoms with Crippen LogP contribution in [-0.4, -0.2) is 23.2 Å². The second-order valence-corrected chi connectivity index (χ2v) is 4.01. The van der Waals surface area contributed by atoms with Crippen LogP contribution in [0.3, 0.4) is 0 Å². The number of aromatic nitrogens is 1. The third-order valence-electron chi connectivity index (χ3n) is 2.16. The van der Waals surface area contributed by atoms with Gasteiger partial charge in [-0.05, 0) is 28.1 Å². The number of benzene rings is 1. The fourth-order valence-corrected chi connectivity index (χ4v) is 1.86. The quantitative estimate of drug-likeness (QED) is 0.816. The molecule has 0 amide bonds. The SMILES string of the molecule is COC(=O)c1cc(O)c2cccc(Br)c2n1. The van der Waals surface area contributed by atoms with Crippen molar-refractivity contribution in [3.8, 4) is 5.75 Å². The summed E-state index contributed by atoms with van der Waals surface area (Å²) < 4.78 is 5.27. The van der Waals surface area contributed by atoms with Crippen LogP contribution in [0.4, 0.5) is 0 Å². The standard InChI is InChI=1S/C11H8BrNO3/c1-16-11(15)8-5-9(14)6-3-2-4-7(12)10(6)13-8/h2-5H,1H3,(H,13,14). The number of pyridine rings is 1. The van der Waals surface area contributed by atoms with E-state index in [-0.39, 0.29) is 11.4 Å². The molecule has 1 aromatic carbocycles. The lowest BCUT2D eigenvalue weighted by Gasteiger charge is -2.05.